The predicted octanol–water partition coefficient (Wildman–Crippen LogP) is 2.58. The average Bonchev–Trinajstić information content (AvgIpc) is 3.01. The Labute approximate surface area is 139 Å². The number of aliphatic hydroxyl groups excluding tert-OH is 1. The minimum atomic E-state index is -0.152. The van der Waals surface area contributed by atoms with Crippen LogP contribution in [0, 0.1) is 0 Å². The maximum Gasteiger partial charge on any atom is 0.247 e. The Bertz CT molecular complexity index is 810. The van der Waals surface area contributed by atoms with Crippen LogP contribution in [0.2, 0.25) is 0 Å². The summed E-state index contributed by atoms with van der Waals surface area (Å²) in [5, 5.41) is 20.9. The summed E-state index contributed by atoms with van der Waals surface area (Å²) in [5.74, 6) is 1.47. The van der Waals surface area contributed by atoms with Crippen LogP contribution in [0.5, 0.6) is 0 Å². The van der Waals surface area contributed by atoms with Gasteiger partial charge in [0.2, 0.25) is 5.95 Å². The van der Waals surface area contributed by atoms with Gasteiger partial charge in [0.15, 0.2) is 5.65 Å². The van der Waals surface area contributed by atoms with Gasteiger partial charge in [0, 0.05) is 24.1 Å². The molecule has 3 N–H and O–H groups in total. The number of aromatic nitrogens is 4. The van der Waals surface area contributed by atoms with Crippen LogP contribution < -0.4 is 10.6 Å². The molecule has 1 aliphatic rings. The fourth-order valence-corrected chi connectivity index (χ4v) is 3.06. The SMILES string of the molecule is OC1CCC(Nc2cccc3nc(Nc4ccncc4)nn23)CC1. The number of pyridine rings is 2. The summed E-state index contributed by atoms with van der Waals surface area (Å²) in [4.78, 5) is 8.51. The Balaban J connectivity index is 1.56. The second kappa shape index (κ2) is 6.45. The fraction of sp³-hybridized carbons (Fsp3) is 0.353. The minimum Gasteiger partial charge on any atom is -0.393 e. The van der Waals surface area contributed by atoms with E-state index in [1.165, 1.54) is 0 Å². The van der Waals surface area contributed by atoms with Gasteiger partial charge in [0.25, 0.3) is 0 Å². The molecule has 1 saturated carbocycles. The van der Waals surface area contributed by atoms with Crippen molar-refractivity contribution in [1.29, 1.82) is 0 Å². The molecule has 3 heterocycles. The van der Waals surface area contributed by atoms with E-state index in [-0.39, 0.29) is 6.10 Å². The molecule has 0 spiro atoms. The van der Waals surface area contributed by atoms with Crippen molar-refractivity contribution >= 4 is 23.1 Å². The highest BCUT2D eigenvalue weighted by Gasteiger charge is 2.20. The molecule has 7 heteroatoms. The van der Waals surface area contributed by atoms with Gasteiger partial charge in [0.05, 0.1) is 6.10 Å². The van der Waals surface area contributed by atoms with Crippen LogP contribution in [0.15, 0.2) is 42.7 Å². The van der Waals surface area contributed by atoms with Gasteiger partial charge in [0.1, 0.15) is 5.82 Å². The van der Waals surface area contributed by atoms with Crippen molar-refractivity contribution in [2.75, 3.05) is 10.6 Å². The summed E-state index contributed by atoms with van der Waals surface area (Å²) in [6.45, 7) is 0. The number of aliphatic hydroxyl groups is 1. The smallest absolute Gasteiger partial charge is 0.247 e. The van der Waals surface area contributed by atoms with Gasteiger partial charge in [-0.1, -0.05) is 6.07 Å². The summed E-state index contributed by atoms with van der Waals surface area (Å²) in [6.07, 6.45) is 6.93. The molecule has 7 nitrogen and oxygen atoms in total. The van der Waals surface area contributed by atoms with Gasteiger partial charge >= 0.3 is 0 Å². The van der Waals surface area contributed by atoms with Gasteiger partial charge in [-0.25, -0.2) is 0 Å². The van der Waals surface area contributed by atoms with E-state index in [9.17, 15) is 5.11 Å². The summed E-state index contributed by atoms with van der Waals surface area (Å²) in [5.41, 5.74) is 1.68. The second-order valence-corrected chi connectivity index (χ2v) is 6.13. The van der Waals surface area contributed by atoms with Crippen LogP contribution in [0.4, 0.5) is 17.5 Å². The zero-order chi connectivity index (χ0) is 16.4. The van der Waals surface area contributed by atoms with Crippen molar-refractivity contribution in [2.24, 2.45) is 0 Å². The van der Waals surface area contributed by atoms with Crippen molar-refractivity contribution in [3.8, 4) is 0 Å². The molecule has 0 radical (unpaired) electrons. The monoisotopic (exact) mass is 324 g/mol. The van der Waals surface area contributed by atoms with Gasteiger partial charge < -0.3 is 15.7 Å². The zero-order valence-electron chi connectivity index (χ0n) is 13.3. The lowest BCUT2D eigenvalue weighted by atomic mass is 9.93. The van der Waals surface area contributed by atoms with Crippen LogP contribution in [0.3, 0.4) is 0 Å². The van der Waals surface area contributed by atoms with E-state index in [1.54, 1.807) is 12.4 Å². The van der Waals surface area contributed by atoms with E-state index >= 15 is 0 Å². The first-order valence-electron chi connectivity index (χ1n) is 8.25. The number of fused-ring (bicyclic) bond motifs is 1. The largest absolute Gasteiger partial charge is 0.393 e. The number of nitrogens with zero attached hydrogens (tertiary/aromatic N) is 4. The highest BCUT2D eigenvalue weighted by atomic mass is 16.3. The van der Waals surface area contributed by atoms with Crippen LogP contribution in [-0.2, 0) is 0 Å². The summed E-state index contributed by atoms with van der Waals surface area (Å²) in [7, 11) is 0. The standard InChI is InChI=1S/C17H20N6O/c24-14-6-4-12(5-7-14)19-15-2-1-3-16-21-17(22-23(15)16)20-13-8-10-18-11-9-13/h1-3,8-12,14,19,24H,4-7H2,(H,18,20,22). The maximum absolute atomic E-state index is 9.64. The zero-order valence-corrected chi connectivity index (χ0v) is 13.3. The Morgan fingerprint density at radius 3 is 2.62 bits per heavy atom. The molecule has 124 valence electrons. The second-order valence-electron chi connectivity index (χ2n) is 6.13. The average molecular weight is 324 g/mol. The summed E-state index contributed by atoms with van der Waals surface area (Å²) in [6, 6.07) is 10.0. The Morgan fingerprint density at radius 1 is 1.04 bits per heavy atom. The van der Waals surface area contributed by atoms with Crippen molar-refractivity contribution in [2.45, 2.75) is 37.8 Å². The van der Waals surface area contributed by atoms with E-state index < -0.39 is 0 Å². The van der Waals surface area contributed by atoms with E-state index in [2.05, 4.69) is 25.7 Å². The van der Waals surface area contributed by atoms with E-state index in [0.29, 0.717) is 12.0 Å². The van der Waals surface area contributed by atoms with Crippen molar-refractivity contribution < 1.29 is 5.11 Å². The quantitative estimate of drug-likeness (QED) is 0.684. The number of hydrogen-bond donors (Lipinski definition) is 3. The highest BCUT2D eigenvalue weighted by molar-refractivity contribution is 5.57. The number of anilines is 3. The molecule has 1 fully saturated rings. The van der Waals surface area contributed by atoms with Crippen molar-refractivity contribution in [3.63, 3.8) is 0 Å². The number of nitrogens with one attached hydrogen (secondary N) is 2. The topological polar surface area (TPSA) is 87.4 Å². The van der Waals surface area contributed by atoms with Gasteiger partial charge in [-0.2, -0.15) is 9.50 Å². The lowest BCUT2D eigenvalue weighted by Crippen LogP contribution is -2.29. The molecule has 3 aromatic rings. The minimum absolute atomic E-state index is 0.152. The molecule has 24 heavy (non-hydrogen) atoms. The highest BCUT2D eigenvalue weighted by Crippen LogP contribution is 2.23. The Hall–Kier alpha value is -2.67. The lowest BCUT2D eigenvalue weighted by molar-refractivity contribution is 0.126. The van der Waals surface area contributed by atoms with Crippen LogP contribution in [0.1, 0.15) is 25.7 Å². The molecule has 0 unspecified atom stereocenters. The molecule has 0 saturated heterocycles. The number of hydrogen-bond acceptors (Lipinski definition) is 6. The molecular weight excluding hydrogens is 304 g/mol. The van der Waals surface area contributed by atoms with E-state index in [4.69, 9.17) is 0 Å². The molecule has 1 aliphatic carbocycles. The maximum atomic E-state index is 9.64. The molecule has 0 aromatic carbocycles. The van der Waals surface area contributed by atoms with Crippen LogP contribution >= 0.6 is 0 Å². The first kappa shape index (κ1) is 14.9. The third kappa shape index (κ3) is 3.16. The van der Waals surface area contributed by atoms with Gasteiger partial charge in [-0.05, 0) is 49.9 Å². The van der Waals surface area contributed by atoms with E-state index in [0.717, 1.165) is 42.8 Å². The molecular formula is C17H20N6O. The van der Waals surface area contributed by atoms with E-state index in [1.807, 2.05) is 34.8 Å². The number of rotatable bonds is 4. The molecule has 4 rings (SSSR count). The Kier molecular flexibility index (Phi) is 4.00. The fourth-order valence-electron chi connectivity index (χ4n) is 3.06. The normalized spacial score (nSPS) is 20.9. The van der Waals surface area contributed by atoms with Crippen molar-refractivity contribution in [3.05, 3.63) is 42.7 Å². The first-order chi connectivity index (χ1) is 11.8. The molecule has 0 amide bonds. The van der Waals surface area contributed by atoms with Crippen LogP contribution in [-0.4, -0.2) is 36.8 Å². The Morgan fingerprint density at radius 2 is 1.83 bits per heavy atom. The predicted molar refractivity (Wildman–Crippen MR) is 92.4 cm³/mol. The van der Waals surface area contributed by atoms with Crippen LogP contribution in [0.25, 0.3) is 5.65 Å². The molecule has 3 aromatic heterocycles. The summed E-state index contributed by atoms with van der Waals surface area (Å²) >= 11 is 0. The molecule has 0 aliphatic heterocycles. The third-order valence-corrected chi connectivity index (χ3v) is 4.34. The molecule has 0 atom stereocenters. The summed E-state index contributed by atoms with van der Waals surface area (Å²) < 4.78 is 1.81. The van der Waals surface area contributed by atoms with Gasteiger partial charge in [-0.3, -0.25) is 4.98 Å². The molecule has 0 bridgehead atoms. The third-order valence-electron chi connectivity index (χ3n) is 4.34. The van der Waals surface area contributed by atoms with Gasteiger partial charge in [-0.15, -0.1) is 5.10 Å². The first-order valence-corrected chi connectivity index (χ1v) is 8.25. The van der Waals surface area contributed by atoms with Crippen molar-refractivity contribution in [1.82, 2.24) is 19.6 Å². The lowest BCUT2D eigenvalue weighted by Gasteiger charge is -2.26.